The molecule has 1 aliphatic heterocycles. The predicted molar refractivity (Wildman–Crippen MR) is 110 cm³/mol. The molecule has 1 aromatic heterocycles. The minimum atomic E-state index is -0.456. The standard InChI is InChI=1S/C22H22N4O3/c1-13-5-6-15(10-14(13)2)11-20(27)24-25-21(28)16-7-8-17-18(12-16)23-19-4-3-9-26(19)22(17)29/h5-8,10,12H,3-4,9,11H2,1-2H3,(H,24,27)(H,25,28). The Bertz CT molecular complexity index is 1200. The molecule has 0 saturated heterocycles. The first-order valence-electron chi connectivity index (χ1n) is 9.61. The molecule has 0 unspecified atom stereocenters. The summed E-state index contributed by atoms with van der Waals surface area (Å²) in [6, 6.07) is 10.6. The molecule has 29 heavy (non-hydrogen) atoms. The van der Waals surface area contributed by atoms with E-state index in [-0.39, 0.29) is 17.9 Å². The second-order valence-corrected chi connectivity index (χ2v) is 7.42. The zero-order valence-electron chi connectivity index (χ0n) is 16.4. The number of fused-ring (bicyclic) bond motifs is 2. The molecule has 0 atom stereocenters. The van der Waals surface area contributed by atoms with Gasteiger partial charge in [-0.3, -0.25) is 29.8 Å². The lowest BCUT2D eigenvalue weighted by molar-refractivity contribution is -0.121. The van der Waals surface area contributed by atoms with E-state index >= 15 is 0 Å². The second kappa shape index (κ2) is 7.50. The Labute approximate surface area is 167 Å². The van der Waals surface area contributed by atoms with Gasteiger partial charge in [-0.25, -0.2) is 4.98 Å². The summed E-state index contributed by atoms with van der Waals surface area (Å²) in [4.78, 5) is 41.6. The van der Waals surface area contributed by atoms with Gasteiger partial charge in [-0.15, -0.1) is 0 Å². The van der Waals surface area contributed by atoms with Crippen molar-refractivity contribution in [1.29, 1.82) is 0 Å². The number of carbonyl (C=O) groups is 2. The summed E-state index contributed by atoms with van der Waals surface area (Å²) in [5, 5.41) is 0.492. The topological polar surface area (TPSA) is 93.1 Å². The van der Waals surface area contributed by atoms with Crippen molar-refractivity contribution in [2.75, 3.05) is 0 Å². The number of hydrogen-bond donors (Lipinski definition) is 2. The number of rotatable bonds is 3. The van der Waals surface area contributed by atoms with Gasteiger partial charge in [0, 0.05) is 18.5 Å². The summed E-state index contributed by atoms with van der Waals surface area (Å²) in [5.41, 5.74) is 8.78. The third kappa shape index (κ3) is 3.76. The molecule has 2 amide bonds. The van der Waals surface area contributed by atoms with Gasteiger partial charge in [0.25, 0.3) is 11.5 Å². The van der Waals surface area contributed by atoms with Crippen LogP contribution in [0.5, 0.6) is 0 Å². The van der Waals surface area contributed by atoms with Crippen molar-refractivity contribution in [2.45, 2.75) is 39.7 Å². The van der Waals surface area contributed by atoms with Gasteiger partial charge in [0.2, 0.25) is 5.91 Å². The number of nitrogens with one attached hydrogen (secondary N) is 2. The predicted octanol–water partition coefficient (Wildman–Crippen LogP) is 1.96. The summed E-state index contributed by atoms with van der Waals surface area (Å²) >= 11 is 0. The highest BCUT2D eigenvalue weighted by atomic mass is 16.2. The molecule has 0 aliphatic carbocycles. The normalized spacial score (nSPS) is 12.6. The molecular weight excluding hydrogens is 368 g/mol. The fourth-order valence-electron chi connectivity index (χ4n) is 3.57. The molecule has 7 heteroatoms. The lowest BCUT2D eigenvalue weighted by Gasteiger charge is -2.10. The first kappa shape index (κ1) is 18.9. The van der Waals surface area contributed by atoms with Crippen LogP contribution in [0.15, 0.2) is 41.2 Å². The molecule has 2 heterocycles. The van der Waals surface area contributed by atoms with Gasteiger partial charge in [0.15, 0.2) is 0 Å². The van der Waals surface area contributed by atoms with Crippen molar-refractivity contribution >= 4 is 22.7 Å². The first-order chi connectivity index (χ1) is 13.9. The number of hydrazine groups is 1. The first-order valence-corrected chi connectivity index (χ1v) is 9.61. The highest BCUT2D eigenvalue weighted by molar-refractivity contribution is 5.98. The Morgan fingerprint density at radius 3 is 2.69 bits per heavy atom. The van der Waals surface area contributed by atoms with Crippen LogP contribution in [0.1, 0.15) is 39.3 Å². The van der Waals surface area contributed by atoms with Crippen LogP contribution in [-0.4, -0.2) is 21.4 Å². The fourth-order valence-corrected chi connectivity index (χ4v) is 3.57. The number of amides is 2. The van der Waals surface area contributed by atoms with Crippen molar-refractivity contribution in [3.63, 3.8) is 0 Å². The molecule has 3 aromatic rings. The van der Waals surface area contributed by atoms with E-state index < -0.39 is 5.91 Å². The summed E-state index contributed by atoms with van der Waals surface area (Å²) in [7, 11) is 0. The lowest BCUT2D eigenvalue weighted by Crippen LogP contribution is -2.42. The van der Waals surface area contributed by atoms with Crippen molar-refractivity contribution in [1.82, 2.24) is 20.4 Å². The number of aryl methyl sites for hydroxylation is 3. The van der Waals surface area contributed by atoms with Crippen LogP contribution in [0.2, 0.25) is 0 Å². The van der Waals surface area contributed by atoms with Gasteiger partial charge in [-0.2, -0.15) is 0 Å². The third-order valence-corrected chi connectivity index (χ3v) is 5.33. The lowest BCUT2D eigenvalue weighted by atomic mass is 10.0. The molecular formula is C22H22N4O3. The average molecular weight is 390 g/mol. The van der Waals surface area contributed by atoms with Crippen molar-refractivity contribution in [3.05, 3.63) is 74.8 Å². The van der Waals surface area contributed by atoms with Gasteiger partial charge >= 0.3 is 0 Å². The average Bonchev–Trinajstić information content (AvgIpc) is 3.17. The van der Waals surface area contributed by atoms with E-state index in [1.807, 2.05) is 32.0 Å². The highest BCUT2D eigenvalue weighted by Gasteiger charge is 2.17. The SMILES string of the molecule is Cc1ccc(CC(=O)NNC(=O)c2ccc3c(=O)n4c(nc3c2)CCC4)cc1C. The monoisotopic (exact) mass is 390 g/mol. The maximum atomic E-state index is 12.5. The molecule has 2 aromatic carbocycles. The van der Waals surface area contributed by atoms with Gasteiger partial charge in [0.1, 0.15) is 5.82 Å². The van der Waals surface area contributed by atoms with Crippen LogP contribution in [0, 0.1) is 13.8 Å². The quantitative estimate of drug-likeness (QED) is 0.669. The number of benzene rings is 2. The molecule has 4 rings (SSSR count). The zero-order valence-corrected chi connectivity index (χ0v) is 16.4. The van der Waals surface area contributed by atoms with Gasteiger partial charge in [-0.05, 0) is 55.2 Å². The fraction of sp³-hybridized carbons (Fsp3) is 0.273. The largest absolute Gasteiger partial charge is 0.296 e. The summed E-state index contributed by atoms with van der Waals surface area (Å²) < 4.78 is 1.69. The third-order valence-electron chi connectivity index (χ3n) is 5.33. The number of aromatic nitrogens is 2. The van der Waals surface area contributed by atoms with E-state index in [0.717, 1.165) is 35.4 Å². The van der Waals surface area contributed by atoms with E-state index in [1.54, 1.807) is 22.8 Å². The highest BCUT2D eigenvalue weighted by Crippen LogP contribution is 2.16. The Hall–Kier alpha value is -3.48. The maximum Gasteiger partial charge on any atom is 0.269 e. The Morgan fingerprint density at radius 2 is 1.90 bits per heavy atom. The van der Waals surface area contributed by atoms with Crippen LogP contribution in [-0.2, 0) is 24.2 Å². The number of nitrogens with zero attached hydrogens (tertiary/aromatic N) is 2. The zero-order chi connectivity index (χ0) is 20.5. The van der Waals surface area contributed by atoms with E-state index in [9.17, 15) is 14.4 Å². The molecule has 1 aliphatic rings. The Balaban J connectivity index is 1.45. The van der Waals surface area contributed by atoms with E-state index in [2.05, 4.69) is 15.8 Å². The van der Waals surface area contributed by atoms with Gasteiger partial charge in [-0.1, -0.05) is 18.2 Å². The second-order valence-electron chi connectivity index (χ2n) is 7.42. The molecule has 0 fully saturated rings. The van der Waals surface area contributed by atoms with E-state index in [0.29, 0.717) is 23.0 Å². The Morgan fingerprint density at radius 1 is 1.07 bits per heavy atom. The van der Waals surface area contributed by atoms with Crippen molar-refractivity contribution in [3.8, 4) is 0 Å². The molecule has 0 bridgehead atoms. The van der Waals surface area contributed by atoms with Crippen LogP contribution in [0.3, 0.4) is 0 Å². The van der Waals surface area contributed by atoms with Crippen LogP contribution < -0.4 is 16.4 Å². The van der Waals surface area contributed by atoms with E-state index in [1.165, 1.54) is 0 Å². The molecule has 0 radical (unpaired) electrons. The van der Waals surface area contributed by atoms with Crippen LogP contribution in [0.4, 0.5) is 0 Å². The van der Waals surface area contributed by atoms with Crippen molar-refractivity contribution in [2.24, 2.45) is 0 Å². The smallest absolute Gasteiger partial charge is 0.269 e. The van der Waals surface area contributed by atoms with Crippen LogP contribution >= 0.6 is 0 Å². The van der Waals surface area contributed by atoms with E-state index in [4.69, 9.17) is 0 Å². The van der Waals surface area contributed by atoms with Crippen LogP contribution in [0.25, 0.3) is 10.9 Å². The maximum absolute atomic E-state index is 12.5. The summed E-state index contributed by atoms with van der Waals surface area (Å²) in [6.07, 6.45) is 1.83. The number of hydrogen-bond acceptors (Lipinski definition) is 4. The minimum absolute atomic E-state index is 0.0730. The molecule has 2 N–H and O–H groups in total. The Kier molecular flexibility index (Phi) is 4.88. The summed E-state index contributed by atoms with van der Waals surface area (Å²) in [5.74, 6) is -0.0129. The van der Waals surface area contributed by atoms with Gasteiger partial charge in [0.05, 0.1) is 17.3 Å². The molecule has 148 valence electrons. The minimum Gasteiger partial charge on any atom is -0.296 e. The molecule has 0 saturated carbocycles. The van der Waals surface area contributed by atoms with Crippen molar-refractivity contribution < 1.29 is 9.59 Å². The number of carbonyl (C=O) groups excluding carboxylic acids is 2. The van der Waals surface area contributed by atoms with Gasteiger partial charge < -0.3 is 0 Å². The molecule has 0 spiro atoms. The molecule has 7 nitrogen and oxygen atoms in total. The summed E-state index contributed by atoms with van der Waals surface area (Å²) in [6.45, 7) is 4.69.